The van der Waals surface area contributed by atoms with Gasteiger partial charge >= 0.3 is 0 Å². The van der Waals surface area contributed by atoms with Crippen LogP contribution in [0.5, 0.6) is 11.5 Å². The van der Waals surface area contributed by atoms with Gasteiger partial charge in [0.2, 0.25) is 0 Å². The lowest BCUT2D eigenvalue weighted by Crippen LogP contribution is -2.31. The zero-order valence-electron chi connectivity index (χ0n) is 21.8. The van der Waals surface area contributed by atoms with E-state index in [0.29, 0.717) is 84.9 Å². The molecule has 0 saturated heterocycles. The minimum Gasteiger partial charge on any atom is -0.507 e. The maximum atomic E-state index is 10.3. The third kappa shape index (κ3) is 11.6. The van der Waals surface area contributed by atoms with Crippen molar-refractivity contribution in [2.45, 2.75) is 0 Å². The Morgan fingerprint density at radius 3 is 1.61 bits per heavy atom. The second-order valence-electron chi connectivity index (χ2n) is 7.85. The molecule has 1 N–H and O–H groups in total. The van der Waals surface area contributed by atoms with Gasteiger partial charge in [-0.3, -0.25) is 0 Å². The Kier molecular flexibility index (Phi) is 15.6. The number of phenols is 1. The predicted molar refractivity (Wildman–Crippen MR) is 139 cm³/mol. The van der Waals surface area contributed by atoms with Crippen molar-refractivity contribution in [2.24, 2.45) is 0 Å². The van der Waals surface area contributed by atoms with Crippen LogP contribution in [-0.4, -0.2) is 106 Å². The van der Waals surface area contributed by atoms with Crippen LogP contribution in [0.3, 0.4) is 0 Å². The van der Waals surface area contributed by atoms with E-state index in [1.54, 1.807) is 33.5 Å². The summed E-state index contributed by atoms with van der Waals surface area (Å²) in [5.41, 5.74) is 2.67. The number of aromatic hydroxyl groups is 1. The van der Waals surface area contributed by atoms with Gasteiger partial charge in [0.05, 0.1) is 73.2 Å². The van der Waals surface area contributed by atoms with Gasteiger partial charge < -0.3 is 43.2 Å². The highest BCUT2D eigenvalue weighted by atomic mass is 16.5. The first-order valence-electron chi connectivity index (χ1n) is 12.2. The van der Waals surface area contributed by atoms with E-state index in [2.05, 4.69) is 4.90 Å². The number of methoxy groups -OCH3 is 3. The van der Waals surface area contributed by atoms with E-state index in [1.807, 2.05) is 30.3 Å². The minimum absolute atomic E-state index is 0.211. The van der Waals surface area contributed by atoms with Gasteiger partial charge in [-0.05, 0) is 35.9 Å². The molecule has 0 saturated carbocycles. The zero-order chi connectivity index (χ0) is 25.8. The molecule has 0 fully saturated rings. The molecule has 202 valence electrons. The van der Waals surface area contributed by atoms with Gasteiger partial charge in [-0.25, -0.2) is 0 Å². The Bertz CT molecular complexity index is 798. The van der Waals surface area contributed by atoms with Crippen LogP contribution in [-0.2, 0) is 28.4 Å². The summed E-state index contributed by atoms with van der Waals surface area (Å²) in [5, 5.41) is 10.3. The quantitative estimate of drug-likeness (QED) is 0.256. The average Bonchev–Trinajstić information content (AvgIpc) is 2.91. The normalized spacial score (nSPS) is 11.1. The second kappa shape index (κ2) is 18.8. The van der Waals surface area contributed by atoms with Crippen LogP contribution in [0.2, 0.25) is 0 Å². The highest BCUT2D eigenvalue weighted by molar-refractivity contribution is 5.73. The molecule has 0 aliphatic carbocycles. The Balaban J connectivity index is 1.90. The SMILES string of the molecule is COCCOCCOCCN(CCOCCOCCOC)c1ccc(-c2cc(OC)ccc2O)cc1. The molecule has 0 amide bonds. The van der Waals surface area contributed by atoms with Crippen molar-refractivity contribution < 1.29 is 38.3 Å². The van der Waals surface area contributed by atoms with E-state index < -0.39 is 0 Å². The highest BCUT2D eigenvalue weighted by Crippen LogP contribution is 2.33. The molecule has 0 aliphatic rings. The average molecular weight is 508 g/mol. The summed E-state index contributed by atoms with van der Waals surface area (Å²) in [6.07, 6.45) is 0. The first kappa shape index (κ1) is 29.8. The number of phenolic OH excluding ortho intramolecular Hbond substituents is 1. The monoisotopic (exact) mass is 507 g/mol. The Hall–Kier alpha value is -2.40. The lowest BCUT2D eigenvalue weighted by molar-refractivity contribution is 0.0235. The lowest BCUT2D eigenvalue weighted by Gasteiger charge is -2.25. The first-order chi connectivity index (χ1) is 17.7. The van der Waals surface area contributed by atoms with Crippen LogP contribution >= 0.6 is 0 Å². The van der Waals surface area contributed by atoms with Crippen LogP contribution in [0.25, 0.3) is 11.1 Å². The predicted octanol–water partition coefficient (Wildman–Crippen LogP) is 3.23. The maximum absolute atomic E-state index is 10.3. The summed E-state index contributed by atoms with van der Waals surface area (Å²) in [6.45, 7) is 6.94. The van der Waals surface area contributed by atoms with E-state index in [9.17, 15) is 5.11 Å². The van der Waals surface area contributed by atoms with Crippen molar-refractivity contribution in [3.63, 3.8) is 0 Å². The van der Waals surface area contributed by atoms with Gasteiger partial charge in [-0.2, -0.15) is 0 Å². The molecule has 0 atom stereocenters. The van der Waals surface area contributed by atoms with Gasteiger partial charge in [-0.15, -0.1) is 0 Å². The molecule has 2 aromatic carbocycles. The minimum atomic E-state index is 0.211. The standard InChI is InChI=1S/C27H41NO8/c1-30-14-16-35-20-18-33-12-10-28(11-13-34-19-21-36-17-15-31-2)24-6-4-23(5-7-24)26-22-25(32-3)8-9-27(26)29/h4-9,22,29H,10-21H2,1-3H3. The molecule has 9 nitrogen and oxygen atoms in total. The highest BCUT2D eigenvalue weighted by Gasteiger charge is 2.10. The maximum Gasteiger partial charge on any atom is 0.123 e. The lowest BCUT2D eigenvalue weighted by atomic mass is 10.0. The van der Waals surface area contributed by atoms with Crippen LogP contribution in [0.15, 0.2) is 42.5 Å². The van der Waals surface area contributed by atoms with Crippen molar-refractivity contribution in [3.8, 4) is 22.6 Å². The van der Waals surface area contributed by atoms with Crippen LogP contribution in [0.4, 0.5) is 5.69 Å². The number of benzene rings is 2. The summed E-state index contributed by atoms with van der Waals surface area (Å²) in [4.78, 5) is 2.22. The molecule has 0 aromatic heterocycles. The number of rotatable bonds is 21. The Morgan fingerprint density at radius 2 is 1.11 bits per heavy atom. The molecule has 0 heterocycles. The molecule has 0 unspecified atom stereocenters. The smallest absolute Gasteiger partial charge is 0.123 e. The topological polar surface area (TPSA) is 88.1 Å². The largest absolute Gasteiger partial charge is 0.507 e. The summed E-state index contributed by atoms with van der Waals surface area (Å²) < 4.78 is 37.6. The van der Waals surface area contributed by atoms with E-state index in [4.69, 9.17) is 33.2 Å². The molecule has 2 rings (SSSR count). The van der Waals surface area contributed by atoms with Crippen molar-refractivity contribution >= 4 is 5.69 Å². The van der Waals surface area contributed by atoms with Gasteiger partial charge in [-0.1, -0.05) is 12.1 Å². The first-order valence-corrected chi connectivity index (χ1v) is 12.2. The van der Waals surface area contributed by atoms with E-state index in [0.717, 1.165) is 16.8 Å². The molecule has 0 aliphatic heterocycles. The number of hydrogen-bond donors (Lipinski definition) is 1. The third-order valence-electron chi connectivity index (χ3n) is 5.37. The number of nitrogens with zero attached hydrogens (tertiary/aromatic N) is 1. The number of ether oxygens (including phenoxy) is 7. The molecule has 9 heteroatoms. The summed E-state index contributed by atoms with van der Waals surface area (Å²) >= 11 is 0. The fourth-order valence-corrected chi connectivity index (χ4v) is 3.37. The third-order valence-corrected chi connectivity index (χ3v) is 5.37. The van der Waals surface area contributed by atoms with Gasteiger partial charge in [0, 0.05) is 38.6 Å². The summed E-state index contributed by atoms with van der Waals surface area (Å²) in [5.74, 6) is 0.905. The van der Waals surface area contributed by atoms with E-state index in [1.165, 1.54) is 0 Å². The fraction of sp³-hybridized carbons (Fsp3) is 0.556. The summed E-state index contributed by atoms with van der Waals surface area (Å²) in [7, 11) is 4.91. The van der Waals surface area contributed by atoms with Gasteiger partial charge in [0.1, 0.15) is 11.5 Å². The molecule has 0 radical (unpaired) electrons. The molecular weight excluding hydrogens is 466 g/mol. The van der Waals surface area contributed by atoms with Gasteiger partial charge in [0.15, 0.2) is 0 Å². The Morgan fingerprint density at radius 1 is 0.611 bits per heavy atom. The molecule has 0 spiro atoms. The van der Waals surface area contributed by atoms with E-state index >= 15 is 0 Å². The number of hydrogen-bond acceptors (Lipinski definition) is 9. The molecule has 36 heavy (non-hydrogen) atoms. The van der Waals surface area contributed by atoms with Crippen LogP contribution < -0.4 is 9.64 Å². The van der Waals surface area contributed by atoms with Crippen molar-refractivity contribution in [1.29, 1.82) is 0 Å². The number of anilines is 1. The molecular formula is C27H41NO8. The van der Waals surface area contributed by atoms with Crippen LogP contribution in [0, 0.1) is 0 Å². The Labute approximate surface area is 214 Å². The fourth-order valence-electron chi connectivity index (χ4n) is 3.37. The van der Waals surface area contributed by atoms with Gasteiger partial charge in [0.25, 0.3) is 0 Å². The van der Waals surface area contributed by atoms with Crippen molar-refractivity contribution in [2.75, 3.05) is 105 Å². The second-order valence-corrected chi connectivity index (χ2v) is 7.85. The molecule has 2 aromatic rings. The van der Waals surface area contributed by atoms with Crippen molar-refractivity contribution in [3.05, 3.63) is 42.5 Å². The molecule has 0 bridgehead atoms. The van der Waals surface area contributed by atoms with E-state index in [-0.39, 0.29) is 5.75 Å². The summed E-state index contributed by atoms with van der Waals surface area (Å²) in [6, 6.07) is 13.3. The zero-order valence-corrected chi connectivity index (χ0v) is 21.8. The van der Waals surface area contributed by atoms with Crippen molar-refractivity contribution in [1.82, 2.24) is 0 Å². The van der Waals surface area contributed by atoms with Crippen LogP contribution in [0.1, 0.15) is 0 Å².